The monoisotopic (exact) mass is 371 g/mol. The average molecular weight is 372 g/mol. The SMILES string of the molecule is CC(NC(=O)OC(C)(C)C)C(Nc1ccc(Br)cc1)C(N)=O. The van der Waals surface area contributed by atoms with Gasteiger partial charge in [-0.3, -0.25) is 4.79 Å². The average Bonchev–Trinajstić information content (AvgIpc) is 2.34. The summed E-state index contributed by atoms with van der Waals surface area (Å²) < 4.78 is 6.09. The first-order valence-corrected chi connectivity index (χ1v) is 7.69. The number of alkyl carbamates (subject to hydrolysis) is 1. The van der Waals surface area contributed by atoms with E-state index in [0.29, 0.717) is 0 Å². The third kappa shape index (κ3) is 6.34. The quantitative estimate of drug-likeness (QED) is 0.741. The standard InChI is InChI=1S/C15H22BrN3O3/c1-9(18-14(21)22-15(2,3)4)12(13(17)20)19-11-7-5-10(16)6-8-11/h5-9,12,19H,1-4H3,(H2,17,20)(H,18,21). The van der Waals surface area contributed by atoms with E-state index in [0.717, 1.165) is 10.2 Å². The normalized spacial score (nSPS) is 13.9. The molecule has 2 atom stereocenters. The van der Waals surface area contributed by atoms with Gasteiger partial charge in [0.25, 0.3) is 0 Å². The Hall–Kier alpha value is -1.76. The van der Waals surface area contributed by atoms with Gasteiger partial charge in [0.1, 0.15) is 11.6 Å². The number of hydrogen-bond donors (Lipinski definition) is 3. The lowest BCUT2D eigenvalue weighted by molar-refractivity contribution is -0.119. The van der Waals surface area contributed by atoms with E-state index in [-0.39, 0.29) is 0 Å². The fourth-order valence-electron chi connectivity index (χ4n) is 1.74. The second kappa shape index (κ2) is 7.49. The Morgan fingerprint density at radius 2 is 1.77 bits per heavy atom. The second-order valence-electron chi connectivity index (χ2n) is 5.97. The summed E-state index contributed by atoms with van der Waals surface area (Å²) in [7, 11) is 0. The van der Waals surface area contributed by atoms with E-state index in [1.807, 2.05) is 12.1 Å². The molecule has 1 rings (SSSR count). The van der Waals surface area contributed by atoms with Crippen LogP contribution in [0, 0.1) is 0 Å². The second-order valence-corrected chi connectivity index (χ2v) is 6.88. The molecule has 0 spiro atoms. The molecule has 6 nitrogen and oxygen atoms in total. The summed E-state index contributed by atoms with van der Waals surface area (Å²) in [6, 6.07) is 6.00. The third-order valence-electron chi connectivity index (χ3n) is 2.72. The molecule has 0 aliphatic rings. The van der Waals surface area contributed by atoms with E-state index < -0.39 is 29.7 Å². The number of ether oxygens (including phenoxy) is 1. The predicted octanol–water partition coefficient (Wildman–Crippen LogP) is 2.63. The van der Waals surface area contributed by atoms with Gasteiger partial charge in [0, 0.05) is 10.2 Å². The Bertz CT molecular complexity index is 526. The van der Waals surface area contributed by atoms with E-state index in [4.69, 9.17) is 10.5 Å². The Kier molecular flexibility index (Phi) is 6.22. The van der Waals surface area contributed by atoms with Crippen molar-refractivity contribution in [3.63, 3.8) is 0 Å². The first-order valence-electron chi connectivity index (χ1n) is 6.89. The van der Waals surface area contributed by atoms with Gasteiger partial charge in [-0.2, -0.15) is 0 Å². The molecule has 0 radical (unpaired) electrons. The number of hydrogen-bond acceptors (Lipinski definition) is 4. The van der Waals surface area contributed by atoms with Gasteiger partial charge in [-0.25, -0.2) is 4.79 Å². The minimum atomic E-state index is -0.756. The Balaban J connectivity index is 2.71. The van der Waals surface area contributed by atoms with Gasteiger partial charge in [-0.15, -0.1) is 0 Å². The molecule has 4 N–H and O–H groups in total. The van der Waals surface area contributed by atoms with Gasteiger partial charge >= 0.3 is 6.09 Å². The van der Waals surface area contributed by atoms with Crippen molar-refractivity contribution < 1.29 is 14.3 Å². The van der Waals surface area contributed by atoms with Crippen LogP contribution in [-0.2, 0) is 9.53 Å². The highest BCUT2D eigenvalue weighted by atomic mass is 79.9. The van der Waals surface area contributed by atoms with Crippen molar-refractivity contribution in [2.45, 2.75) is 45.4 Å². The van der Waals surface area contributed by atoms with Crippen molar-refractivity contribution in [1.82, 2.24) is 5.32 Å². The molecular formula is C15H22BrN3O3. The number of halogens is 1. The highest BCUT2D eigenvalue weighted by Gasteiger charge is 2.26. The molecule has 0 aliphatic heterocycles. The summed E-state index contributed by atoms with van der Waals surface area (Å²) >= 11 is 3.34. The molecule has 1 aromatic rings. The van der Waals surface area contributed by atoms with Crippen LogP contribution in [0.4, 0.5) is 10.5 Å². The maximum atomic E-state index is 11.8. The number of benzene rings is 1. The zero-order chi connectivity index (χ0) is 16.9. The van der Waals surface area contributed by atoms with Gasteiger partial charge in [0.15, 0.2) is 0 Å². The Morgan fingerprint density at radius 3 is 2.23 bits per heavy atom. The van der Waals surface area contributed by atoms with Crippen LogP contribution in [0.3, 0.4) is 0 Å². The number of nitrogens with two attached hydrogens (primary N) is 1. The summed E-state index contributed by atoms with van der Waals surface area (Å²) in [5.74, 6) is -0.563. The minimum absolute atomic E-state index is 0.531. The topological polar surface area (TPSA) is 93.4 Å². The molecular weight excluding hydrogens is 350 g/mol. The fourth-order valence-corrected chi connectivity index (χ4v) is 2.01. The summed E-state index contributed by atoms with van der Waals surface area (Å²) in [6.45, 7) is 6.99. The van der Waals surface area contributed by atoms with Gasteiger partial charge in [0.05, 0.1) is 6.04 Å². The third-order valence-corrected chi connectivity index (χ3v) is 3.25. The van der Waals surface area contributed by atoms with Crippen LogP contribution in [0.1, 0.15) is 27.7 Å². The molecule has 2 amide bonds. The molecule has 0 aromatic heterocycles. The van der Waals surface area contributed by atoms with Crippen LogP contribution in [0.5, 0.6) is 0 Å². The molecule has 0 fully saturated rings. The highest BCUT2D eigenvalue weighted by molar-refractivity contribution is 9.10. The van der Waals surface area contributed by atoms with E-state index in [9.17, 15) is 9.59 Å². The first-order chi connectivity index (χ1) is 10.1. The molecule has 22 heavy (non-hydrogen) atoms. The van der Waals surface area contributed by atoms with Crippen LogP contribution in [0.25, 0.3) is 0 Å². The van der Waals surface area contributed by atoms with Crippen LogP contribution in [0.15, 0.2) is 28.7 Å². The number of primary amides is 1. The smallest absolute Gasteiger partial charge is 0.407 e. The van der Waals surface area contributed by atoms with Crippen molar-refractivity contribution in [1.29, 1.82) is 0 Å². The van der Waals surface area contributed by atoms with Gasteiger partial charge < -0.3 is 21.1 Å². The lowest BCUT2D eigenvalue weighted by Gasteiger charge is -2.26. The molecule has 0 saturated carbocycles. The fraction of sp³-hybridized carbons (Fsp3) is 0.467. The van der Waals surface area contributed by atoms with Crippen molar-refractivity contribution in [3.05, 3.63) is 28.7 Å². The van der Waals surface area contributed by atoms with Crippen LogP contribution < -0.4 is 16.4 Å². The highest BCUT2D eigenvalue weighted by Crippen LogP contribution is 2.16. The number of carbonyl (C=O) groups excluding carboxylic acids is 2. The summed E-state index contributed by atoms with van der Waals surface area (Å²) in [6.07, 6.45) is -0.594. The van der Waals surface area contributed by atoms with Crippen molar-refractivity contribution in [2.75, 3.05) is 5.32 Å². The van der Waals surface area contributed by atoms with Crippen LogP contribution in [0.2, 0.25) is 0 Å². The van der Waals surface area contributed by atoms with E-state index in [1.165, 1.54) is 0 Å². The maximum absolute atomic E-state index is 11.8. The number of amides is 2. The predicted molar refractivity (Wildman–Crippen MR) is 89.6 cm³/mol. The minimum Gasteiger partial charge on any atom is -0.444 e. The van der Waals surface area contributed by atoms with Gasteiger partial charge in [-0.1, -0.05) is 15.9 Å². The largest absolute Gasteiger partial charge is 0.444 e. The van der Waals surface area contributed by atoms with Crippen molar-refractivity contribution >= 4 is 33.6 Å². The van der Waals surface area contributed by atoms with Crippen molar-refractivity contribution in [2.24, 2.45) is 5.73 Å². The molecule has 122 valence electrons. The molecule has 1 aromatic carbocycles. The number of carbonyl (C=O) groups is 2. The Morgan fingerprint density at radius 1 is 1.23 bits per heavy atom. The van der Waals surface area contributed by atoms with Crippen LogP contribution >= 0.6 is 15.9 Å². The number of anilines is 1. The molecule has 2 unspecified atom stereocenters. The first kappa shape index (κ1) is 18.3. The maximum Gasteiger partial charge on any atom is 0.407 e. The lowest BCUT2D eigenvalue weighted by Crippen LogP contribution is -2.52. The van der Waals surface area contributed by atoms with Crippen molar-refractivity contribution in [3.8, 4) is 0 Å². The summed E-state index contributed by atoms with van der Waals surface area (Å²) in [4.78, 5) is 23.4. The summed E-state index contributed by atoms with van der Waals surface area (Å²) in [5, 5.41) is 5.62. The molecule has 0 saturated heterocycles. The van der Waals surface area contributed by atoms with Gasteiger partial charge in [-0.05, 0) is 52.0 Å². The van der Waals surface area contributed by atoms with Crippen LogP contribution in [-0.4, -0.2) is 29.7 Å². The molecule has 0 heterocycles. The van der Waals surface area contributed by atoms with Gasteiger partial charge in [0.2, 0.25) is 5.91 Å². The molecule has 0 aliphatic carbocycles. The van der Waals surface area contributed by atoms with E-state index in [2.05, 4.69) is 26.6 Å². The summed E-state index contributed by atoms with van der Waals surface area (Å²) in [5.41, 5.74) is 5.54. The number of rotatable bonds is 5. The van der Waals surface area contributed by atoms with E-state index >= 15 is 0 Å². The number of nitrogens with one attached hydrogen (secondary N) is 2. The Labute approximate surface area is 138 Å². The van der Waals surface area contributed by atoms with E-state index in [1.54, 1.807) is 39.8 Å². The lowest BCUT2D eigenvalue weighted by atomic mass is 10.1. The molecule has 7 heteroatoms. The zero-order valence-electron chi connectivity index (χ0n) is 13.1. The molecule has 0 bridgehead atoms. The zero-order valence-corrected chi connectivity index (χ0v) is 14.7.